The Balaban J connectivity index is 1.76. The fraction of sp³-hybridized carbons (Fsp3) is 0.387. The highest BCUT2D eigenvalue weighted by Gasteiger charge is 2.39. The predicted molar refractivity (Wildman–Crippen MR) is 164 cm³/mol. The van der Waals surface area contributed by atoms with Gasteiger partial charge in [0.05, 0.1) is 28.1 Å². The summed E-state index contributed by atoms with van der Waals surface area (Å²) in [5.74, 6) is 0. The van der Waals surface area contributed by atoms with E-state index in [4.69, 9.17) is 12.2 Å². The van der Waals surface area contributed by atoms with Gasteiger partial charge in [0.1, 0.15) is 0 Å². The van der Waals surface area contributed by atoms with Crippen LogP contribution in [0.4, 0.5) is 26.3 Å². The lowest BCUT2D eigenvalue weighted by Crippen LogP contribution is -2.54. The number of hydrogen-bond acceptors (Lipinski definition) is 4. The van der Waals surface area contributed by atoms with Crippen molar-refractivity contribution in [3.63, 3.8) is 0 Å². The van der Waals surface area contributed by atoms with Gasteiger partial charge in [-0.05, 0) is 68.5 Å². The molecule has 0 saturated heterocycles. The topological polar surface area (TPSA) is 73.5 Å². The summed E-state index contributed by atoms with van der Waals surface area (Å²) in [7, 11) is -1.01. The average molecular weight is 673 g/mol. The molecule has 4 atom stereocenters. The molecule has 1 aliphatic carbocycles. The molecule has 1 aliphatic rings. The van der Waals surface area contributed by atoms with Crippen molar-refractivity contribution in [2.45, 2.75) is 67.1 Å². The highest BCUT2D eigenvalue weighted by atomic mass is 32.2. The summed E-state index contributed by atoms with van der Waals surface area (Å²) >= 11 is 5.70. The first-order valence-electron chi connectivity index (χ1n) is 14.2. The third kappa shape index (κ3) is 8.96. The summed E-state index contributed by atoms with van der Waals surface area (Å²) in [6.07, 6.45) is -6.57. The van der Waals surface area contributed by atoms with Crippen LogP contribution in [-0.2, 0) is 22.4 Å². The number of likely N-dealkylation sites (N-methyl/N-ethyl adjacent to an activating group) is 1. The number of sulfonamides is 1. The van der Waals surface area contributed by atoms with Crippen molar-refractivity contribution in [3.8, 4) is 0 Å². The van der Waals surface area contributed by atoms with Gasteiger partial charge in [-0.3, -0.25) is 0 Å². The van der Waals surface area contributed by atoms with Gasteiger partial charge < -0.3 is 15.5 Å². The van der Waals surface area contributed by atoms with E-state index >= 15 is 0 Å². The molecule has 0 aromatic heterocycles. The van der Waals surface area contributed by atoms with Gasteiger partial charge in [-0.15, -0.1) is 0 Å². The Bertz CT molecular complexity index is 1520. The van der Waals surface area contributed by atoms with Gasteiger partial charge in [0.2, 0.25) is 10.0 Å². The van der Waals surface area contributed by atoms with Crippen LogP contribution in [0.2, 0.25) is 0 Å². The van der Waals surface area contributed by atoms with Crippen LogP contribution in [0.25, 0.3) is 0 Å². The molecule has 0 amide bonds. The molecule has 0 aliphatic heterocycles. The number of rotatable bonds is 9. The first-order chi connectivity index (χ1) is 21.1. The lowest BCUT2D eigenvalue weighted by atomic mass is 9.89. The minimum absolute atomic E-state index is 0.00272. The molecule has 0 unspecified atom stereocenters. The zero-order chi connectivity index (χ0) is 33.0. The minimum Gasteiger partial charge on any atom is -0.358 e. The van der Waals surface area contributed by atoms with E-state index in [1.165, 1.54) is 0 Å². The first-order valence-corrected chi connectivity index (χ1v) is 16.1. The highest BCUT2D eigenvalue weighted by molar-refractivity contribution is 7.89. The summed E-state index contributed by atoms with van der Waals surface area (Å²) in [4.78, 5) is 0.938. The van der Waals surface area contributed by atoms with E-state index in [2.05, 4.69) is 20.3 Å². The van der Waals surface area contributed by atoms with Crippen LogP contribution in [0.1, 0.15) is 60.0 Å². The molecule has 1 saturated carbocycles. The maximum Gasteiger partial charge on any atom is 0.416 e. The number of thiocarbonyl (C=S) groups is 1. The minimum atomic E-state index is -5.22. The van der Waals surface area contributed by atoms with Crippen LogP contribution >= 0.6 is 12.2 Å². The second kappa shape index (κ2) is 14.1. The van der Waals surface area contributed by atoms with E-state index in [0.717, 1.165) is 25.7 Å². The van der Waals surface area contributed by atoms with E-state index < -0.39 is 50.5 Å². The van der Waals surface area contributed by atoms with Crippen LogP contribution in [0.5, 0.6) is 0 Å². The Morgan fingerprint density at radius 1 is 0.800 bits per heavy atom. The standard InChI is InChI=1S/C31H34F6N4O2S2/c1-41(2)26-16-10-9-15-25(26)38-29(44)39-27(20-11-5-3-6-12-20)28(21-13-7-4-8-14-21)40-45(42,43)24-18-22(30(32,33)34)17-23(19-24)31(35,36)37/h3-8,11-14,17-19,25-28,40H,9-10,15-16H2,1-2H3,(H2,38,39,44)/t25-,26-,27-,28-/m0/s1. The Labute approximate surface area is 264 Å². The molecule has 244 valence electrons. The SMILES string of the molecule is CN(C)[C@H]1CCCC[C@@H]1NC(=S)N[C@@H](c1ccccc1)[C@@H](NS(=O)(=O)c1cc(C(F)(F)F)cc(C(F)(F)F)c1)c1ccccc1. The molecule has 0 bridgehead atoms. The molecule has 4 rings (SSSR count). The van der Waals surface area contributed by atoms with Crippen LogP contribution in [-0.4, -0.2) is 44.6 Å². The van der Waals surface area contributed by atoms with Crippen molar-refractivity contribution >= 4 is 27.4 Å². The summed E-state index contributed by atoms with van der Waals surface area (Å²) in [6, 6.07) is 15.2. The lowest BCUT2D eigenvalue weighted by molar-refractivity contribution is -0.143. The van der Waals surface area contributed by atoms with Gasteiger partial charge >= 0.3 is 12.4 Å². The molecule has 3 aromatic rings. The molecule has 0 heterocycles. The predicted octanol–water partition coefficient (Wildman–Crippen LogP) is 6.82. The molecule has 1 fully saturated rings. The fourth-order valence-electron chi connectivity index (χ4n) is 5.57. The van der Waals surface area contributed by atoms with E-state index in [9.17, 15) is 34.8 Å². The van der Waals surface area contributed by atoms with Gasteiger partial charge in [0, 0.05) is 12.1 Å². The summed E-state index contributed by atoms with van der Waals surface area (Å²) in [6.45, 7) is 0. The molecule has 14 heteroatoms. The van der Waals surface area contributed by atoms with Crippen LogP contribution in [0.15, 0.2) is 83.8 Å². The zero-order valence-electron chi connectivity index (χ0n) is 24.5. The van der Waals surface area contributed by atoms with E-state index in [1.54, 1.807) is 60.7 Å². The van der Waals surface area contributed by atoms with Crippen molar-refractivity contribution in [1.29, 1.82) is 0 Å². The molecular formula is C31H34F6N4O2S2. The molecule has 45 heavy (non-hydrogen) atoms. The van der Waals surface area contributed by atoms with E-state index in [-0.39, 0.29) is 35.4 Å². The highest BCUT2D eigenvalue weighted by Crippen LogP contribution is 2.38. The second-order valence-corrected chi connectivity index (χ2v) is 13.3. The smallest absolute Gasteiger partial charge is 0.358 e. The fourth-order valence-corrected chi connectivity index (χ4v) is 7.16. The van der Waals surface area contributed by atoms with Gasteiger partial charge in [-0.25, -0.2) is 13.1 Å². The Morgan fingerprint density at radius 2 is 1.29 bits per heavy atom. The van der Waals surface area contributed by atoms with Crippen molar-refractivity contribution in [2.75, 3.05) is 14.1 Å². The molecule has 0 radical (unpaired) electrons. The zero-order valence-corrected chi connectivity index (χ0v) is 26.1. The number of hydrogen-bond donors (Lipinski definition) is 3. The lowest BCUT2D eigenvalue weighted by Gasteiger charge is -2.38. The quantitative estimate of drug-likeness (QED) is 0.171. The normalized spacial score (nSPS) is 19.1. The summed E-state index contributed by atoms with van der Waals surface area (Å²) in [5, 5.41) is 6.77. The Kier molecular flexibility index (Phi) is 10.8. The molecule has 3 N–H and O–H groups in total. The van der Waals surface area contributed by atoms with Crippen LogP contribution in [0.3, 0.4) is 0 Å². The van der Waals surface area contributed by atoms with Gasteiger partial charge in [0.15, 0.2) is 5.11 Å². The summed E-state index contributed by atoms with van der Waals surface area (Å²) < 4.78 is 111. The third-order valence-electron chi connectivity index (χ3n) is 7.80. The third-order valence-corrected chi connectivity index (χ3v) is 9.46. The monoisotopic (exact) mass is 672 g/mol. The average Bonchev–Trinajstić information content (AvgIpc) is 2.99. The molecular weight excluding hydrogens is 638 g/mol. The molecule has 6 nitrogen and oxygen atoms in total. The summed E-state index contributed by atoms with van der Waals surface area (Å²) in [5.41, 5.74) is -2.50. The van der Waals surface area contributed by atoms with Crippen molar-refractivity contribution in [1.82, 2.24) is 20.3 Å². The van der Waals surface area contributed by atoms with Gasteiger partial charge in [-0.2, -0.15) is 26.3 Å². The maximum atomic E-state index is 13.7. The number of benzene rings is 3. The molecule has 0 spiro atoms. The molecule has 3 aromatic carbocycles. The first kappa shape index (κ1) is 34.7. The number of halogens is 6. The number of nitrogens with one attached hydrogen (secondary N) is 3. The van der Waals surface area contributed by atoms with Crippen LogP contribution in [0, 0.1) is 0 Å². The van der Waals surface area contributed by atoms with Gasteiger partial charge in [0.25, 0.3) is 0 Å². The van der Waals surface area contributed by atoms with E-state index in [0.29, 0.717) is 11.1 Å². The van der Waals surface area contributed by atoms with Crippen molar-refractivity contribution < 1.29 is 34.8 Å². The number of nitrogens with zero attached hydrogens (tertiary/aromatic N) is 1. The van der Waals surface area contributed by atoms with Crippen LogP contribution < -0.4 is 15.4 Å². The van der Waals surface area contributed by atoms with Gasteiger partial charge in [-0.1, -0.05) is 73.5 Å². The largest absolute Gasteiger partial charge is 0.416 e. The Morgan fingerprint density at radius 3 is 1.78 bits per heavy atom. The van der Waals surface area contributed by atoms with Crippen molar-refractivity contribution in [3.05, 3.63) is 101 Å². The van der Waals surface area contributed by atoms with Crippen molar-refractivity contribution in [2.24, 2.45) is 0 Å². The second-order valence-electron chi connectivity index (χ2n) is 11.2. The number of alkyl halides is 6. The Hall–Kier alpha value is -3.20. The maximum absolute atomic E-state index is 13.7. The van der Waals surface area contributed by atoms with E-state index in [1.807, 2.05) is 14.1 Å².